The molecular weight excluding hydrogens is 277 g/mol. The lowest BCUT2D eigenvalue weighted by molar-refractivity contribution is 0.263. The van der Waals surface area contributed by atoms with Crippen molar-refractivity contribution in [3.05, 3.63) is 15.5 Å². The van der Waals surface area contributed by atoms with Crippen LogP contribution in [-0.2, 0) is 7.05 Å². The molecule has 1 atom stereocenters. The summed E-state index contributed by atoms with van der Waals surface area (Å²) in [6.45, 7) is 0. The van der Waals surface area contributed by atoms with Gasteiger partial charge in [-0.05, 0) is 41.4 Å². The van der Waals surface area contributed by atoms with Gasteiger partial charge in [0.1, 0.15) is 3.70 Å². The zero-order valence-corrected chi connectivity index (χ0v) is 9.86. The zero-order valence-electron chi connectivity index (χ0n) is 7.70. The summed E-state index contributed by atoms with van der Waals surface area (Å²) >= 11 is 2.31. The van der Waals surface area contributed by atoms with Crippen LogP contribution < -0.4 is 5.73 Å². The minimum Gasteiger partial charge on any atom is -0.324 e. The van der Waals surface area contributed by atoms with E-state index < -0.39 is 0 Å². The topological polar surface area (TPSA) is 43.8 Å². The quantitative estimate of drug-likeness (QED) is 0.845. The Morgan fingerprint density at radius 2 is 2.38 bits per heavy atom. The first-order valence-electron chi connectivity index (χ1n) is 4.63. The smallest absolute Gasteiger partial charge is 0.103 e. The molecule has 0 bridgehead atoms. The predicted octanol–water partition coefficient (Wildman–Crippen LogP) is 1.82. The van der Waals surface area contributed by atoms with E-state index in [1.54, 1.807) is 0 Å². The summed E-state index contributed by atoms with van der Waals surface area (Å²) in [7, 11) is 1.96. The van der Waals surface area contributed by atoms with Crippen LogP contribution in [0.1, 0.15) is 30.9 Å². The molecular formula is C9H14IN3. The van der Waals surface area contributed by atoms with Crippen LogP contribution in [0.25, 0.3) is 0 Å². The van der Waals surface area contributed by atoms with Crippen LogP contribution in [0.15, 0.2) is 6.20 Å². The van der Waals surface area contributed by atoms with Crippen LogP contribution >= 0.6 is 22.6 Å². The van der Waals surface area contributed by atoms with Gasteiger partial charge < -0.3 is 5.73 Å². The Kier molecular flexibility index (Phi) is 2.60. The van der Waals surface area contributed by atoms with Crippen molar-refractivity contribution in [2.75, 3.05) is 0 Å². The maximum atomic E-state index is 6.16. The van der Waals surface area contributed by atoms with Crippen LogP contribution in [0.2, 0.25) is 0 Å². The number of aryl methyl sites for hydroxylation is 1. The van der Waals surface area contributed by atoms with E-state index in [-0.39, 0.29) is 6.04 Å². The Hall–Kier alpha value is -0.100. The fourth-order valence-electron chi connectivity index (χ4n) is 1.72. The molecule has 1 aromatic rings. The number of nitrogens with zero attached hydrogens (tertiary/aromatic N) is 2. The Labute approximate surface area is 91.8 Å². The second kappa shape index (κ2) is 3.57. The largest absolute Gasteiger partial charge is 0.324 e. The summed E-state index contributed by atoms with van der Waals surface area (Å²) < 4.78 is 3.06. The van der Waals surface area contributed by atoms with Gasteiger partial charge in [0.15, 0.2) is 0 Å². The number of rotatable bonds is 2. The first kappa shape index (κ1) is 9.45. The van der Waals surface area contributed by atoms with Gasteiger partial charge in [0, 0.05) is 18.7 Å². The van der Waals surface area contributed by atoms with Crippen LogP contribution in [0, 0.1) is 9.62 Å². The van der Waals surface area contributed by atoms with Crippen LogP contribution in [0.5, 0.6) is 0 Å². The Bertz CT molecular complexity index is 304. The third-order valence-electron chi connectivity index (χ3n) is 2.91. The fourth-order valence-corrected chi connectivity index (χ4v) is 2.34. The highest BCUT2D eigenvalue weighted by atomic mass is 127. The SMILES string of the molecule is Cn1ncc(C(N)C2CCC2)c1I. The molecule has 1 fully saturated rings. The van der Waals surface area contributed by atoms with Gasteiger partial charge in [-0.25, -0.2) is 0 Å². The first-order valence-corrected chi connectivity index (χ1v) is 5.71. The van der Waals surface area contributed by atoms with Crippen LogP contribution in [0.4, 0.5) is 0 Å². The van der Waals surface area contributed by atoms with Crippen molar-refractivity contribution in [3.8, 4) is 0 Å². The monoisotopic (exact) mass is 291 g/mol. The number of hydrogen-bond acceptors (Lipinski definition) is 2. The van der Waals surface area contributed by atoms with Crippen molar-refractivity contribution in [3.63, 3.8) is 0 Å². The molecule has 0 aromatic carbocycles. The molecule has 1 aromatic heterocycles. The van der Waals surface area contributed by atoms with Crippen molar-refractivity contribution in [1.82, 2.24) is 9.78 Å². The lowest BCUT2D eigenvalue weighted by atomic mass is 9.78. The van der Waals surface area contributed by atoms with E-state index in [1.807, 2.05) is 17.9 Å². The molecule has 0 amide bonds. The molecule has 0 saturated heterocycles. The van der Waals surface area contributed by atoms with Gasteiger partial charge in [-0.2, -0.15) is 5.10 Å². The van der Waals surface area contributed by atoms with Gasteiger partial charge in [0.05, 0.1) is 6.20 Å². The third-order valence-corrected chi connectivity index (χ3v) is 4.23. The number of nitrogens with two attached hydrogens (primary N) is 1. The van der Waals surface area contributed by atoms with Crippen molar-refractivity contribution in [1.29, 1.82) is 0 Å². The second-order valence-electron chi connectivity index (χ2n) is 3.73. The van der Waals surface area contributed by atoms with Crippen LogP contribution in [-0.4, -0.2) is 9.78 Å². The highest BCUT2D eigenvalue weighted by molar-refractivity contribution is 14.1. The molecule has 0 aliphatic heterocycles. The molecule has 1 aliphatic rings. The molecule has 2 N–H and O–H groups in total. The van der Waals surface area contributed by atoms with Crippen molar-refractivity contribution >= 4 is 22.6 Å². The van der Waals surface area contributed by atoms with E-state index >= 15 is 0 Å². The molecule has 1 aliphatic carbocycles. The molecule has 1 unspecified atom stereocenters. The average molecular weight is 291 g/mol. The maximum Gasteiger partial charge on any atom is 0.103 e. The maximum absolute atomic E-state index is 6.16. The molecule has 1 heterocycles. The third kappa shape index (κ3) is 1.61. The molecule has 1 saturated carbocycles. The molecule has 4 heteroatoms. The van der Waals surface area contributed by atoms with E-state index in [0.29, 0.717) is 5.92 Å². The standard InChI is InChI=1S/C9H14IN3/c1-13-9(10)7(5-12-13)8(11)6-3-2-4-6/h5-6,8H,2-4,11H2,1H3. The van der Waals surface area contributed by atoms with Gasteiger partial charge in [-0.15, -0.1) is 0 Å². The van der Waals surface area contributed by atoms with Crippen molar-refractivity contribution in [2.45, 2.75) is 25.3 Å². The van der Waals surface area contributed by atoms with Gasteiger partial charge in [0.2, 0.25) is 0 Å². The summed E-state index contributed by atoms with van der Waals surface area (Å²) in [5.74, 6) is 0.692. The summed E-state index contributed by atoms with van der Waals surface area (Å²) in [6, 6.07) is 0.203. The fraction of sp³-hybridized carbons (Fsp3) is 0.667. The number of hydrogen-bond donors (Lipinski definition) is 1. The number of halogens is 1. The Morgan fingerprint density at radius 3 is 2.77 bits per heavy atom. The van der Waals surface area contributed by atoms with Gasteiger partial charge in [-0.1, -0.05) is 6.42 Å². The van der Waals surface area contributed by atoms with Crippen LogP contribution in [0.3, 0.4) is 0 Å². The van der Waals surface area contributed by atoms with E-state index in [0.717, 1.165) is 0 Å². The summed E-state index contributed by atoms with van der Waals surface area (Å²) in [6.07, 6.45) is 5.82. The van der Waals surface area contributed by atoms with Crippen molar-refractivity contribution < 1.29 is 0 Å². The van der Waals surface area contributed by atoms with Gasteiger partial charge in [0.25, 0.3) is 0 Å². The lowest BCUT2D eigenvalue weighted by Gasteiger charge is -2.30. The van der Waals surface area contributed by atoms with E-state index in [1.165, 1.54) is 28.5 Å². The number of aromatic nitrogens is 2. The Morgan fingerprint density at radius 1 is 1.69 bits per heavy atom. The van der Waals surface area contributed by atoms with E-state index in [4.69, 9.17) is 5.73 Å². The molecule has 3 nitrogen and oxygen atoms in total. The predicted molar refractivity (Wildman–Crippen MR) is 60.2 cm³/mol. The molecule has 2 rings (SSSR count). The summed E-state index contributed by atoms with van der Waals surface area (Å²) in [5, 5.41) is 4.21. The van der Waals surface area contributed by atoms with E-state index in [2.05, 4.69) is 27.7 Å². The highest BCUT2D eigenvalue weighted by Crippen LogP contribution is 2.37. The normalized spacial score (nSPS) is 19.9. The molecule has 72 valence electrons. The van der Waals surface area contributed by atoms with E-state index in [9.17, 15) is 0 Å². The lowest BCUT2D eigenvalue weighted by Crippen LogP contribution is -2.27. The highest BCUT2D eigenvalue weighted by Gasteiger charge is 2.27. The average Bonchev–Trinajstić information content (AvgIpc) is 2.29. The van der Waals surface area contributed by atoms with Gasteiger partial charge >= 0.3 is 0 Å². The van der Waals surface area contributed by atoms with Gasteiger partial charge in [-0.3, -0.25) is 4.68 Å². The molecule has 0 spiro atoms. The van der Waals surface area contributed by atoms with Crippen molar-refractivity contribution in [2.24, 2.45) is 18.7 Å². The summed E-state index contributed by atoms with van der Waals surface area (Å²) in [4.78, 5) is 0. The minimum absolute atomic E-state index is 0.203. The first-order chi connectivity index (χ1) is 6.20. The second-order valence-corrected chi connectivity index (χ2v) is 4.75. The molecule has 0 radical (unpaired) electrons. The molecule has 13 heavy (non-hydrogen) atoms. The minimum atomic E-state index is 0.203. The summed E-state index contributed by atoms with van der Waals surface area (Å²) in [5.41, 5.74) is 7.37. The zero-order chi connectivity index (χ0) is 9.42. The Balaban J connectivity index is 2.18.